The summed E-state index contributed by atoms with van der Waals surface area (Å²) in [7, 11) is 1.81. The minimum absolute atomic E-state index is 0.205. The molecular weight excluding hydrogens is 155 g/mol. The topological polar surface area (TPSA) is 17.8 Å². The van der Waals surface area contributed by atoms with E-state index in [1.807, 2.05) is 6.92 Å². The highest BCUT2D eigenvalue weighted by molar-refractivity contribution is 5.81. The van der Waals surface area contributed by atoms with E-state index in [-0.39, 0.29) is 5.82 Å². The maximum atomic E-state index is 12.9. The normalized spacial score (nSPS) is 10.9. The molecule has 2 aromatic rings. The van der Waals surface area contributed by atoms with Crippen LogP contribution < -0.4 is 0 Å². The van der Waals surface area contributed by atoms with Gasteiger partial charge in [0.25, 0.3) is 0 Å². The second-order valence-corrected chi connectivity index (χ2v) is 2.92. The Kier molecular flexibility index (Phi) is 1.40. The summed E-state index contributed by atoms with van der Waals surface area (Å²) in [6, 6.07) is 3.01. The lowest BCUT2D eigenvalue weighted by Crippen LogP contribution is -1.89. The van der Waals surface area contributed by atoms with E-state index in [1.54, 1.807) is 17.9 Å². The van der Waals surface area contributed by atoms with Crippen molar-refractivity contribution in [3.05, 3.63) is 29.7 Å². The van der Waals surface area contributed by atoms with Crippen LogP contribution in [-0.4, -0.2) is 9.78 Å². The molecule has 0 atom stereocenters. The van der Waals surface area contributed by atoms with Crippen LogP contribution in [0.2, 0.25) is 0 Å². The van der Waals surface area contributed by atoms with E-state index in [0.29, 0.717) is 0 Å². The van der Waals surface area contributed by atoms with Gasteiger partial charge in [-0.15, -0.1) is 0 Å². The third-order valence-electron chi connectivity index (χ3n) is 2.04. The SMILES string of the molecule is Cc1cc(F)cc2c1cnn2C. The van der Waals surface area contributed by atoms with Crippen LogP contribution in [0.3, 0.4) is 0 Å². The monoisotopic (exact) mass is 164 g/mol. The number of hydrogen-bond donors (Lipinski definition) is 0. The van der Waals surface area contributed by atoms with Crippen molar-refractivity contribution in [2.45, 2.75) is 6.92 Å². The molecule has 0 radical (unpaired) electrons. The molecule has 1 aromatic carbocycles. The van der Waals surface area contributed by atoms with Gasteiger partial charge < -0.3 is 0 Å². The lowest BCUT2D eigenvalue weighted by atomic mass is 10.1. The average molecular weight is 164 g/mol. The lowest BCUT2D eigenvalue weighted by molar-refractivity contribution is 0.627. The van der Waals surface area contributed by atoms with E-state index >= 15 is 0 Å². The number of aryl methyl sites for hydroxylation is 2. The molecule has 62 valence electrons. The summed E-state index contributed by atoms with van der Waals surface area (Å²) < 4.78 is 14.6. The molecule has 0 spiro atoms. The minimum atomic E-state index is -0.205. The second kappa shape index (κ2) is 2.30. The Morgan fingerprint density at radius 1 is 1.42 bits per heavy atom. The van der Waals surface area contributed by atoms with Crippen LogP contribution in [0.1, 0.15) is 5.56 Å². The van der Waals surface area contributed by atoms with E-state index in [1.165, 1.54) is 12.1 Å². The number of hydrogen-bond acceptors (Lipinski definition) is 1. The molecule has 0 unspecified atom stereocenters. The molecule has 0 bridgehead atoms. The van der Waals surface area contributed by atoms with Gasteiger partial charge in [0.05, 0.1) is 11.7 Å². The van der Waals surface area contributed by atoms with Gasteiger partial charge in [-0.25, -0.2) is 4.39 Å². The highest BCUT2D eigenvalue weighted by Crippen LogP contribution is 2.18. The fourth-order valence-corrected chi connectivity index (χ4v) is 1.38. The van der Waals surface area contributed by atoms with Crippen LogP contribution in [0.15, 0.2) is 18.3 Å². The minimum Gasteiger partial charge on any atom is -0.268 e. The second-order valence-electron chi connectivity index (χ2n) is 2.92. The number of aromatic nitrogens is 2. The molecule has 0 saturated heterocycles. The van der Waals surface area contributed by atoms with Crippen molar-refractivity contribution in [1.29, 1.82) is 0 Å². The first-order valence-corrected chi connectivity index (χ1v) is 3.76. The van der Waals surface area contributed by atoms with Crippen LogP contribution in [-0.2, 0) is 7.05 Å². The van der Waals surface area contributed by atoms with Gasteiger partial charge in [-0.3, -0.25) is 4.68 Å². The Morgan fingerprint density at radius 2 is 2.17 bits per heavy atom. The van der Waals surface area contributed by atoms with Crippen molar-refractivity contribution in [3.63, 3.8) is 0 Å². The van der Waals surface area contributed by atoms with E-state index in [4.69, 9.17) is 0 Å². The molecular formula is C9H9FN2. The summed E-state index contributed by atoms with van der Waals surface area (Å²) in [5.41, 5.74) is 1.77. The van der Waals surface area contributed by atoms with E-state index < -0.39 is 0 Å². The van der Waals surface area contributed by atoms with Crippen LogP contribution in [0.25, 0.3) is 10.9 Å². The van der Waals surface area contributed by atoms with Crippen LogP contribution in [0.5, 0.6) is 0 Å². The summed E-state index contributed by atoms with van der Waals surface area (Å²) >= 11 is 0. The smallest absolute Gasteiger partial charge is 0.125 e. The van der Waals surface area contributed by atoms with Crippen LogP contribution >= 0.6 is 0 Å². The molecule has 0 aliphatic rings. The van der Waals surface area contributed by atoms with Crippen molar-refractivity contribution in [2.24, 2.45) is 7.05 Å². The Morgan fingerprint density at radius 3 is 2.92 bits per heavy atom. The van der Waals surface area contributed by atoms with Gasteiger partial charge in [0.15, 0.2) is 0 Å². The van der Waals surface area contributed by atoms with Crippen molar-refractivity contribution >= 4 is 10.9 Å². The van der Waals surface area contributed by atoms with Crippen LogP contribution in [0, 0.1) is 12.7 Å². The van der Waals surface area contributed by atoms with Crippen molar-refractivity contribution < 1.29 is 4.39 Å². The standard InChI is InChI=1S/C9H9FN2/c1-6-3-7(10)4-9-8(6)5-11-12(9)2/h3-5H,1-2H3. The Labute approximate surface area is 69.6 Å². The first-order valence-electron chi connectivity index (χ1n) is 3.76. The highest BCUT2D eigenvalue weighted by atomic mass is 19.1. The van der Waals surface area contributed by atoms with E-state index in [2.05, 4.69) is 5.10 Å². The maximum Gasteiger partial charge on any atom is 0.125 e. The first-order chi connectivity index (χ1) is 5.68. The fourth-order valence-electron chi connectivity index (χ4n) is 1.38. The van der Waals surface area contributed by atoms with Gasteiger partial charge in [0, 0.05) is 12.4 Å². The summed E-state index contributed by atoms with van der Waals surface area (Å²) in [6.07, 6.45) is 1.75. The molecule has 3 heteroatoms. The molecule has 0 amide bonds. The molecule has 2 nitrogen and oxygen atoms in total. The average Bonchev–Trinajstić information content (AvgIpc) is 2.33. The zero-order chi connectivity index (χ0) is 8.72. The summed E-state index contributed by atoms with van der Waals surface area (Å²) in [5.74, 6) is -0.205. The molecule has 0 aliphatic heterocycles. The van der Waals surface area contributed by atoms with E-state index in [0.717, 1.165) is 16.5 Å². The zero-order valence-corrected chi connectivity index (χ0v) is 7.00. The first kappa shape index (κ1) is 7.28. The third kappa shape index (κ3) is 0.897. The van der Waals surface area contributed by atoms with Gasteiger partial charge in [-0.2, -0.15) is 5.10 Å². The fraction of sp³-hybridized carbons (Fsp3) is 0.222. The Bertz CT molecular complexity index is 431. The number of rotatable bonds is 0. The van der Waals surface area contributed by atoms with Crippen LogP contribution in [0.4, 0.5) is 4.39 Å². The predicted octanol–water partition coefficient (Wildman–Crippen LogP) is 2.02. The van der Waals surface area contributed by atoms with Gasteiger partial charge >= 0.3 is 0 Å². The molecule has 2 rings (SSSR count). The number of nitrogens with zero attached hydrogens (tertiary/aromatic N) is 2. The summed E-state index contributed by atoms with van der Waals surface area (Å²) in [6.45, 7) is 1.88. The lowest BCUT2D eigenvalue weighted by Gasteiger charge is -1.97. The Balaban J connectivity index is 2.92. The summed E-state index contributed by atoms with van der Waals surface area (Å²) in [5, 5.41) is 5.06. The van der Waals surface area contributed by atoms with Crippen molar-refractivity contribution in [2.75, 3.05) is 0 Å². The zero-order valence-electron chi connectivity index (χ0n) is 7.00. The van der Waals surface area contributed by atoms with Crippen molar-refractivity contribution in [1.82, 2.24) is 9.78 Å². The molecule has 1 heterocycles. The molecule has 0 saturated carbocycles. The molecule has 0 N–H and O–H groups in total. The molecule has 12 heavy (non-hydrogen) atoms. The highest BCUT2D eigenvalue weighted by Gasteiger charge is 2.03. The van der Waals surface area contributed by atoms with Gasteiger partial charge in [-0.1, -0.05) is 0 Å². The van der Waals surface area contributed by atoms with Gasteiger partial charge in [0.2, 0.25) is 0 Å². The van der Waals surface area contributed by atoms with Gasteiger partial charge in [0.1, 0.15) is 5.82 Å². The quantitative estimate of drug-likeness (QED) is 0.582. The number of halogens is 1. The molecule has 1 aromatic heterocycles. The van der Waals surface area contributed by atoms with Crippen molar-refractivity contribution in [3.8, 4) is 0 Å². The van der Waals surface area contributed by atoms with E-state index in [9.17, 15) is 4.39 Å². The number of benzene rings is 1. The summed E-state index contributed by atoms with van der Waals surface area (Å²) in [4.78, 5) is 0. The van der Waals surface area contributed by atoms with Gasteiger partial charge in [-0.05, 0) is 24.6 Å². The number of fused-ring (bicyclic) bond motifs is 1. The maximum absolute atomic E-state index is 12.9. The Hall–Kier alpha value is -1.38. The predicted molar refractivity (Wildman–Crippen MR) is 45.4 cm³/mol. The largest absolute Gasteiger partial charge is 0.268 e. The molecule has 0 fully saturated rings. The third-order valence-corrected chi connectivity index (χ3v) is 2.04. The molecule has 0 aliphatic carbocycles.